The van der Waals surface area contributed by atoms with E-state index in [4.69, 9.17) is 27.9 Å². The highest BCUT2D eigenvalue weighted by atomic mass is 35.5. The van der Waals surface area contributed by atoms with Gasteiger partial charge in [0.05, 0.1) is 22.2 Å². The average molecular weight is 331 g/mol. The minimum Gasteiger partial charge on any atom is -0.493 e. The first-order chi connectivity index (χ1) is 10.1. The molecule has 1 aliphatic heterocycles. The second-order valence-corrected chi connectivity index (χ2v) is 5.77. The maximum absolute atomic E-state index is 12.4. The highest BCUT2D eigenvalue weighted by Gasteiger charge is 2.17. The lowest BCUT2D eigenvalue weighted by atomic mass is 10.1. The predicted molar refractivity (Wildman–Crippen MR) is 85.9 cm³/mol. The maximum atomic E-state index is 12.4. The molecule has 1 saturated heterocycles. The number of piperazine rings is 1. The fourth-order valence-corrected chi connectivity index (χ4v) is 2.67. The third kappa shape index (κ3) is 4.58. The molecule has 0 radical (unpaired) electrons. The van der Waals surface area contributed by atoms with Crippen LogP contribution in [0.1, 0.15) is 23.7 Å². The number of nitrogens with zero attached hydrogens (tertiary/aromatic N) is 1. The van der Waals surface area contributed by atoms with Crippen molar-refractivity contribution >= 4 is 29.0 Å². The number of hydrogen-bond acceptors (Lipinski definition) is 4. The molecule has 0 atom stereocenters. The van der Waals surface area contributed by atoms with Crippen LogP contribution in [0.3, 0.4) is 0 Å². The van der Waals surface area contributed by atoms with Crippen LogP contribution < -0.4 is 10.1 Å². The lowest BCUT2D eigenvalue weighted by Crippen LogP contribution is -2.44. The van der Waals surface area contributed by atoms with Crippen molar-refractivity contribution in [3.05, 3.63) is 27.7 Å². The summed E-state index contributed by atoms with van der Waals surface area (Å²) in [6, 6.07) is 3.22. The van der Waals surface area contributed by atoms with Crippen LogP contribution in [0.25, 0.3) is 0 Å². The number of ether oxygens (including phenoxy) is 1. The number of carbonyl (C=O) groups is 1. The first-order valence-corrected chi connectivity index (χ1v) is 7.95. The number of ketones is 1. The minimum atomic E-state index is 0.0375. The van der Waals surface area contributed by atoms with E-state index in [0.29, 0.717) is 34.4 Å². The third-order valence-electron chi connectivity index (χ3n) is 3.49. The van der Waals surface area contributed by atoms with Crippen LogP contribution in [0.2, 0.25) is 10.0 Å². The van der Waals surface area contributed by atoms with Gasteiger partial charge in [-0.15, -0.1) is 0 Å². The molecule has 1 aliphatic rings. The van der Waals surface area contributed by atoms with Gasteiger partial charge in [0.15, 0.2) is 5.78 Å². The summed E-state index contributed by atoms with van der Waals surface area (Å²) in [6.45, 7) is 7.02. The van der Waals surface area contributed by atoms with Crippen LogP contribution in [-0.2, 0) is 0 Å². The van der Waals surface area contributed by atoms with E-state index in [1.54, 1.807) is 12.1 Å². The zero-order chi connectivity index (χ0) is 15.2. The van der Waals surface area contributed by atoms with Gasteiger partial charge < -0.3 is 15.0 Å². The molecular formula is C15H20Cl2N2O2. The largest absolute Gasteiger partial charge is 0.493 e. The molecule has 0 spiro atoms. The standard InChI is InChI=1S/C15H20Cl2N2O2/c1-2-21-15-10-13(17)12(16)9-11(15)14(20)3-6-19-7-4-18-5-8-19/h9-10,18H,2-8H2,1H3. The van der Waals surface area contributed by atoms with E-state index < -0.39 is 0 Å². The SMILES string of the molecule is CCOc1cc(Cl)c(Cl)cc1C(=O)CCN1CCNCC1. The van der Waals surface area contributed by atoms with Crippen molar-refractivity contribution in [1.29, 1.82) is 0 Å². The number of hydrogen-bond donors (Lipinski definition) is 1. The number of nitrogens with one attached hydrogen (secondary N) is 1. The van der Waals surface area contributed by atoms with E-state index in [9.17, 15) is 4.79 Å². The van der Waals surface area contributed by atoms with Crippen molar-refractivity contribution in [3.8, 4) is 5.75 Å². The zero-order valence-corrected chi connectivity index (χ0v) is 13.6. The van der Waals surface area contributed by atoms with Crippen LogP contribution in [0, 0.1) is 0 Å². The Kier molecular flexibility index (Phi) is 6.30. The first-order valence-electron chi connectivity index (χ1n) is 7.20. The highest BCUT2D eigenvalue weighted by Crippen LogP contribution is 2.31. The molecule has 0 aromatic heterocycles. The van der Waals surface area contributed by atoms with E-state index in [1.165, 1.54) is 0 Å². The van der Waals surface area contributed by atoms with Gasteiger partial charge in [0, 0.05) is 45.2 Å². The normalized spacial score (nSPS) is 16.0. The Morgan fingerprint density at radius 2 is 1.95 bits per heavy atom. The molecule has 1 aromatic rings. The van der Waals surface area contributed by atoms with Gasteiger partial charge in [-0.1, -0.05) is 23.2 Å². The molecule has 1 heterocycles. The van der Waals surface area contributed by atoms with Crippen LogP contribution >= 0.6 is 23.2 Å². The molecular weight excluding hydrogens is 311 g/mol. The van der Waals surface area contributed by atoms with E-state index in [1.807, 2.05) is 6.92 Å². The molecule has 1 fully saturated rings. The monoisotopic (exact) mass is 330 g/mol. The number of Topliss-reactive ketones (excluding diaryl/α,β-unsaturated/α-hetero) is 1. The number of benzene rings is 1. The van der Waals surface area contributed by atoms with Gasteiger partial charge in [0.25, 0.3) is 0 Å². The van der Waals surface area contributed by atoms with Crippen molar-refractivity contribution in [2.45, 2.75) is 13.3 Å². The smallest absolute Gasteiger partial charge is 0.167 e. The zero-order valence-electron chi connectivity index (χ0n) is 12.1. The predicted octanol–water partition coefficient (Wildman–Crippen LogP) is 2.87. The molecule has 0 unspecified atom stereocenters. The Labute approximate surface area is 135 Å². The fourth-order valence-electron chi connectivity index (χ4n) is 2.35. The van der Waals surface area contributed by atoms with Crippen molar-refractivity contribution in [1.82, 2.24) is 10.2 Å². The van der Waals surface area contributed by atoms with E-state index in [-0.39, 0.29) is 5.78 Å². The number of carbonyl (C=O) groups excluding carboxylic acids is 1. The Bertz CT molecular complexity index is 503. The van der Waals surface area contributed by atoms with Gasteiger partial charge in [-0.05, 0) is 13.0 Å². The Morgan fingerprint density at radius 1 is 1.29 bits per heavy atom. The molecule has 116 valence electrons. The summed E-state index contributed by atoms with van der Waals surface area (Å²) in [5, 5.41) is 4.08. The summed E-state index contributed by atoms with van der Waals surface area (Å²) in [5.41, 5.74) is 0.515. The Hall–Kier alpha value is -0.810. The third-order valence-corrected chi connectivity index (χ3v) is 4.21. The van der Waals surface area contributed by atoms with Gasteiger partial charge in [0.2, 0.25) is 0 Å². The van der Waals surface area contributed by atoms with E-state index in [0.717, 1.165) is 32.7 Å². The second-order valence-electron chi connectivity index (χ2n) is 4.96. The highest BCUT2D eigenvalue weighted by molar-refractivity contribution is 6.42. The van der Waals surface area contributed by atoms with Crippen LogP contribution in [0.15, 0.2) is 12.1 Å². The van der Waals surface area contributed by atoms with E-state index in [2.05, 4.69) is 10.2 Å². The number of halogens is 2. The molecule has 4 nitrogen and oxygen atoms in total. The van der Waals surface area contributed by atoms with Crippen molar-refractivity contribution in [2.75, 3.05) is 39.3 Å². The molecule has 0 amide bonds. The molecule has 1 N–H and O–H groups in total. The number of rotatable bonds is 6. The van der Waals surface area contributed by atoms with E-state index >= 15 is 0 Å². The van der Waals surface area contributed by atoms with Crippen molar-refractivity contribution < 1.29 is 9.53 Å². The topological polar surface area (TPSA) is 41.6 Å². The van der Waals surface area contributed by atoms with Gasteiger partial charge in [-0.3, -0.25) is 4.79 Å². The lowest BCUT2D eigenvalue weighted by Gasteiger charge is -2.26. The Balaban J connectivity index is 2.04. The molecule has 6 heteroatoms. The lowest BCUT2D eigenvalue weighted by molar-refractivity contribution is 0.0957. The van der Waals surface area contributed by atoms with Gasteiger partial charge >= 0.3 is 0 Å². The van der Waals surface area contributed by atoms with Crippen molar-refractivity contribution in [2.24, 2.45) is 0 Å². The summed E-state index contributed by atoms with van der Waals surface area (Å²) in [6.07, 6.45) is 0.456. The van der Waals surface area contributed by atoms with Crippen LogP contribution in [-0.4, -0.2) is 50.0 Å². The fraction of sp³-hybridized carbons (Fsp3) is 0.533. The second kappa shape index (κ2) is 7.99. The van der Waals surface area contributed by atoms with Gasteiger partial charge in [-0.2, -0.15) is 0 Å². The first kappa shape index (κ1) is 16.6. The molecule has 1 aromatic carbocycles. The van der Waals surface area contributed by atoms with Gasteiger partial charge in [0.1, 0.15) is 5.75 Å². The minimum absolute atomic E-state index is 0.0375. The summed E-state index contributed by atoms with van der Waals surface area (Å²) in [5.74, 6) is 0.549. The summed E-state index contributed by atoms with van der Waals surface area (Å²) >= 11 is 12.0. The van der Waals surface area contributed by atoms with Crippen LogP contribution in [0.5, 0.6) is 5.75 Å². The van der Waals surface area contributed by atoms with Crippen molar-refractivity contribution in [3.63, 3.8) is 0 Å². The quantitative estimate of drug-likeness (QED) is 0.814. The maximum Gasteiger partial charge on any atom is 0.167 e. The summed E-state index contributed by atoms with van der Waals surface area (Å²) < 4.78 is 5.50. The molecule has 0 bridgehead atoms. The Morgan fingerprint density at radius 3 is 2.62 bits per heavy atom. The molecule has 0 aliphatic carbocycles. The van der Waals surface area contributed by atoms with Gasteiger partial charge in [-0.25, -0.2) is 0 Å². The summed E-state index contributed by atoms with van der Waals surface area (Å²) in [7, 11) is 0. The average Bonchev–Trinajstić information content (AvgIpc) is 2.49. The molecule has 2 rings (SSSR count). The summed E-state index contributed by atoms with van der Waals surface area (Å²) in [4.78, 5) is 14.7. The molecule has 21 heavy (non-hydrogen) atoms. The van der Waals surface area contributed by atoms with Crippen LogP contribution in [0.4, 0.5) is 0 Å². The molecule has 0 saturated carbocycles.